The van der Waals surface area contributed by atoms with Gasteiger partial charge in [0.25, 0.3) is 5.56 Å². The number of allylic oxidation sites excluding steroid dienone is 2. The molecule has 0 aliphatic rings. The van der Waals surface area contributed by atoms with Crippen molar-refractivity contribution >= 4 is 10.0 Å². The average Bonchev–Trinajstić information content (AvgIpc) is 2.72. The minimum absolute atomic E-state index is 0.0708. The predicted molar refractivity (Wildman–Crippen MR) is 111 cm³/mol. The highest BCUT2D eigenvalue weighted by Gasteiger charge is 2.29. The second kappa shape index (κ2) is 8.67. The van der Waals surface area contributed by atoms with Crippen LogP contribution in [0.1, 0.15) is 6.92 Å². The van der Waals surface area contributed by atoms with Gasteiger partial charge in [0.15, 0.2) is 0 Å². The first-order chi connectivity index (χ1) is 14.9. The lowest BCUT2D eigenvalue weighted by Gasteiger charge is -2.13. The summed E-state index contributed by atoms with van der Waals surface area (Å²) in [5, 5.41) is 9.06. The van der Waals surface area contributed by atoms with E-state index >= 15 is 0 Å². The summed E-state index contributed by atoms with van der Waals surface area (Å²) in [6.07, 6.45) is -2.42. The minimum Gasteiger partial charge on any atom is -0.267 e. The highest BCUT2D eigenvalue weighted by Crippen LogP contribution is 2.30. The van der Waals surface area contributed by atoms with Crippen LogP contribution in [0, 0.1) is 5.82 Å². The van der Waals surface area contributed by atoms with Gasteiger partial charge in [-0.3, -0.25) is 4.79 Å². The van der Waals surface area contributed by atoms with E-state index in [1.54, 1.807) is 0 Å². The molecule has 3 rings (SSSR count). The summed E-state index contributed by atoms with van der Waals surface area (Å²) >= 11 is 0. The highest BCUT2D eigenvalue weighted by molar-refractivity contribution is 7.89. The number of sulfonamides is 1. The third-order valence-electron chi connectivity index (χ3n) is 4.69. The summed E-state index contributed by atoms with van der Waals surface area (Å²) in [7, 11) is -3.93. The molecule has 0 bridgehead atoms. The molecule has 3 aromatic rings. The van der Waals surface area contributed by atoms with E-state index in [0.717, 1.165) is 29.8 Å². The molecule has 0 aliphatic carbocycles. The maximum Gasteiger partial charge on any atom is 0.412 e. The SMILES string of the molecule is CC(=CCn1ncc(-c2ccc(S(N)(=O)=O)cc2)c(-c2ccc(F)cc2)c1=O)C(F)(F)F. The quantitative estimate of drug-likeness (QED) is 0.455. The number of rotatable bonds is 5. The van der Waals surface area contributed by atoms with Crippen LogP contribution < -0.4 is 10.7 Å². The molecule has 0 radical (unpaired) electrons. The molecule has 0 saturated carbocycles. The summed E-state index contributed by atoms with van der Waals surface area (Å²) in [4.78, 5) is 13.0. The average molecular weight is 467 g/mol. The third-order valence-corrected chi connectivity index (χ3v) is 5.62. The van der Waals surface area contributed by atoms with Gasteiger partial charge in [0.05, 0.1) is 23.2 Å². The van der Waals surface area contributed by atoms with Crippen LogP contribution in [-0.2, 0) is 16.6 Å². The zero-order chi connectivity index (χ0) is 23.7. The van der Waals surface area contributed by atoms with Crippen molar-refractivity contribution in [3.05, 3.63) is 82.5 Å². The molecule has 6 nitrogen and oxygen atoms in total. The topological polar surface area (TPSA) is 95.1 Å². The summed E-state index contributed by atoms with van der Waals surface area (Å²) in [6, 6.07) is 10.3. The molecule has 2 N–H and O–H groups in total. The van der Waals surface area contributed by atoms with E-state index in [2.05, 4.69) is 5.10 Å². The molecule has 0 amide bonds. The number of nitrogens with two attached hydrogens (primary N) is 1. The van der Waals surface area contributed by atoms with E-state index in [0.29, 0.717) is 11.1 Å². The second-order valence-electron chi connectivity index (χ2n) is 6.88. The van der Waals surface area contributed by atoms with E-state index in [4.69, 9.17) is 5.14 Å². The van der Waals surface area contributed by atoms with Gasteiger partial charge in [0, 0.05) is 11.1 Å². The highest BCUT2D eigenvalue weighted by atomic mass is 32.2. The number of halogens is 4. The monoisotopic (exact) mass is 467 g/mol. The molecule has 0 fully saturated rings. The van der Waals surface area contributed by atoms with Crippen LogP contribution in [0.15, 0.2) is 76.1 Å². The molecule has 0 aliphatic heterocycles. The van der Waals surface area contributed by atoms with Gasteiger partial charge in [-0.25, -0.2) is 22.6 Å². The van der Waals surface area contributed by atoms with Crippen molar-refractivity contribution in [3.8, 4) is 22.3 Å². The van der Waals surface area contributed by atoms with Gasteiger partial charge in [-0.1, -0.05) is 30.3 Å². The zero-order valence-electron chi connectivity index (χ0n) is 16.6. The lowest BCUT2D eigenvalue weighted by atomic mass is 9.97. The predicted octanol–water partition coefficient (Wildman–Crippen LogP) is 3.87. The lowest BCUT2D eigenvalue weighted by molar-refractivity contribution is -0.0916. The summed E-state index contributed by atoms with van der Waals surface area (Å²) < 4.78 is 75.6. The Bertz CT molecular complexity index is 1330. The molecule has 32 heavy (non-hydrogen) atoms. The van der Waals surface area contributed by atoms with Gasteiger partial charge >= 0.3 is 6.18 Å². The summed E-state index contributed by atoms with van der Waals surface area (Å²) in [5.74, 6) is -0.536. The van der Waals surface area contributed by atoms with E-state index < -0.39 is 39.7 Å². The fourth-order valence-corrected chi connectivity index (χ4v) is 3.41. The van der Waals surface area contributed by atoms with Crippen molar-refractivity contribution < 1.29 is 26.0 Å². The fourth-order valence-electron chi connectivity index (χ4n) is 2.90. The van der Waals surface area contributed by atoms with Gasteiger partial charge in [-0.15, -0.1) is 0 Å². The number of nitrogens with zero attached hydrogens (tertiary/aromatic N) is 2. The van der Waals surface area contributed by atoms with Crippen molar-refractivity contribution in [1.82, 2.24) is 9.78 Å². The first kappa shape index (κ1) is 23.4. The normalized spacial score (nSPS) is 12.8. The molecule has 0 unspecified atom stereocenters. The Hall–Kier alpha value is -3.31. The Morgan fingerprint density at radius 3 is 2.16 bits per heavy atom. The number of benzene rings is 2. The van der Waals surface area contributed by atoms with Crippen LogP contribution in [0.25, 0.3) is 22.3 Å². The Morgan fingerprint density at radius 1 is 1.06 bits per heavy atom. The molecule has 2 aromatic carbocycles. The maximum absolute atomic E-state index is 13.4. The molecule has 1 heterocycles. The van der Waals surface area contributed by atoms with Gasteiger partial charge < -0.3 is 0 Å². The van der Waals surface area contributed by atoms with E-state index in [1.165, 1.54) is 42.6 Å². The largest absolute Gasteiger partial charge is 0.412 e. The van der Waals surface area contributed by atoms with Gasteiger partial charge in [0.1, 0.15) is 5.82 Å². The Morgan fingerprint density at radius 2 is 1.62 bits per heavy atom. The van der Waals surface area contributed by atoms with Crippen LogP contribution >= 0.6 is 0 Å². The summed E-state index contributed by atoms with van der Waals surface area (Å²) in [6.45, 7) is 0.455. The molecule has 0 spiro atoms. The number of alkyl halides is 3. The van der Waals surface area contributed by atoms with E-state index in [9.17, 15) is 30.8 Å². The Kier molecular flexibility index (Phi) is 6.33. The molecule has 0 saturated heterocycles. The molecular formula is C21H17F4N3O3S. The van der Waals surface area contributed by atoms with Crippen LogP contribution in [0.3, 0.4) is 0 Å². The smallest absolute Gasteiger partial charge is 0.267 e. The van der Waals surface area contributed by atoms with Crippen molar-refractivity contribution in [2.24, 2.45) is 5.14 Å². The van der Waals surface area contributed by atoms with Gasteiger partial charge in [-0.2, -0.15) is 18.3 Å². The third kappa shape index (κ3) is 5.11. The number of aromatic nitrogens is 2. The number of primary sulfonamides is 1. The van der Waals surface area contributed by atoms with E-state index in [-0.39, 0.29) is 16.0 Å². The van der Waals surface area contributed by atoms with Gasteiger partial charge in [0.2, 0.25) is 10.0 Å². The van der Waals surface area contributed by atoms with Crippen molar-refractivity contribution in [2.75, 3.05) is 0 Å². The summed E-state index contributed by atoms with van der Waals surface area (Å²) in [5.41, 5.74) is -0.491. The number of hydrogen-bond donors (Lipinski definition) is 1. The molecule has 1 aromatic heterocycles. The Balaban J connectivity index is 2.17. The van der Waals surface area contributed by atoms with Crippen LogP contribution in [-0.4, -0.2) is 24.4 Å². The molecule has 11 heteroatoms. The fraction of sp³-hybridized carbons (Fsp3) is 0.143. The second-order valence-corrected chi connectivity index (χ2v) is 8.44. The first-order valence-corrected chi connectivity index (χ1v) is 10.7. The van der Waals surface area contributed by atoms with Crippen molar-refractivity contribution in [2.45, 2.75) is 24.5 Å². The van der Waals surface area contributed by atoms with Crippen molar-refractivity contribution in [3.63, 3.8) is 0 Å². The van der Waals surface area contributed by atoms with Crippen LogP contribution in [0.2, 0.25) is 0 Å². The zero-order valence-corrected chi connectivity index (χ0v) is 17.4. The minimum atomic E-state index is -4.53. The molecule has 0 atom stereocenters. The van der Waals surface area contributed by atoms with Crippen LogP contribution in [0.5, 0.6) is 0 Å². The maximum atomic E-state index is 13.4. The molecular weight excluding hydrogens is 450 g/mol. The van der Waals surface area contributed by atoms with Crippen molar-refractivity contribution in [1.29, 1.82) is 0 Å². The van der Waals surface area contributed by atoms with E-state index in [1.807, 2.05) is 0 Å². The van der Waals surface area contributed by atoms with Gasteiger partial charge in [-0.05, 0) is 42.3 Å². The first-order valence-electron chi connectivity index (χ1n) is 9.11. The van der Waals surface area contributed by atoms with Crippen LogP contribution in [0.4, 0.5) is 17.6 Å². The Labute approximate surface area is 180 Å². The standard InChI is InChI=1S/C21H17F4N3O3S/c1-13(21(23,24)25)10-11-28-20(29)19(15-2-6-16(22)7-3-15)18(12-27-28)14-4-8-17(9-5-14)32(26,30)31/h2-10,12H,11H2,1H3,(H2,26,30,31). The molecule has 168 valence electrons. The number of hydrogen-bond acceptors (Lipinski definition) is 4. The lowest BCUT2D eigenvalue weighted by Crippen LogP contribution is -2.25.